The molecular formula is C13H17N3O7. The normalized spacial score (nSPS) is 10.6. The van der Waals surface area contributed by atoms with Gasteiger partial charge in [-0.2, -0.15) is 0 Å². The van der Waals surface area contributed by atoms with Gasteiger partial charge in [0.25, 0.3) is 5.69 Å². The summed E-state index contributed by atoms with van der Waals surface area (Å²) in [4.78, 5) is 40.4. The van der Waals surface area contributed by atoms with Crippen molar-refractivity contribution >= 4 is 23.5 Å². The summed E-state index contributed by atoms with van der Waals surface area (Å²) in [5.74, 6) is -1.54. The first-order chi connectivity index (χ1) is 10.6. The highest BCUT2D eigenvalue weighted by molar-refractivity contribution is 5.76. The van der Waals surface area contributed by atoms with E-state index in [9.17, 15) is 24.5 Å². The summed E-state index contributed by atoms with van der Waals surface area (Å²) in [7, 11) is 0. The van der Waals surface area contributed by atoms with Crippen molar-refractivity contribution in [1.82, 2.24) is 5.32 Å². The fourth-order valence-corrected chi connectivity index (χ4v) is 1.14. The summed E-state index contributed by atoms with van der Waals surface area (Å²) >= 11 is 0. The van der Waals surface area contributed by atoms with Crippen LogP contribution in [0.5, 0.6) is 5.75 Å². The second-order valence-corrected chi connectivity index (χ2v) is 4.23. The monoisotopic (exact) mass is 327 g/mol. The third-order valence-corrected chi connectivity index (χ3v) is 2.20. The van der Waals surface area contributed by atoms with Gasteiger partial charge in [0.05, 0.1) is 4.92 Å². The Morgan fingerprint density at radius 2 is 1.83 bits per heavy atom. The number of carbonyl (C=O) groups is 3. The van der Waals surface area contributed by atoms with E-state index in [0.717, 1.165) is 0 Å². The molecule has 0 aliphatic rings. The van der Waals surface area contributed by atoms with Crippen LogP contribution in [0.1, 0.15) is 13.8 Å². The number of carboxylic acid groups (broad SMARTS) is 1. The van der Waals surface area contributed by atoms with Crippen molar-refractivity contribution in [2.24, 2.45) is 5.73 Å². The second-order valence-electron chi connectivity index (χ2n) is 4.23. The third kappa shape index (κ3) is 9.52. The number of nitrogens with two attached hydrogens (primary N) is 1. The molecule has 0 aromatic heterocycles. The molecule has 0 spiro atoms. The second kappa shape index (κ2) is 9.84. The van der Waals surface area contributed by atoms with Gasteiger partial charge in [-0.25, -0.2) is 0 Å². The summed E-state index contributed by atoms with van der Waals surface area (Å²) in [6.45, 7) is 2.54. The number of hydrogen-bond donors (Lipinski definition) is 3. The van der Waals surface area contributed by atoms with Crippen LogP contribution in [0.25, 0.3) is 0 Å². The Morgan fingerprint density at radius 1 is 1.30 bits per heavy atom. The molecule has 0 bridgehead atoms. The molecule has 0 aliphatic carbocycles. The fraction of sp³-hybridized carbons (Fsp3) is 0.308. The first kappa shape index (κ1) is 20.0. The van der Waals surface area contributed by atoms with Gasteiger partial charge in [-0.1, -0.05) is 0 Å². The zero-order valence-electron chi connectivity index (χ0n) is 12.5. The zero-order valence-corrected chi connectivity index (χ0v) is 12.5. The summed E-state index contributed by atoms with van der Waals surface area (Å²) in [6, 6.07) is 4.29. The van der Waals surface area contributed by atoms with Gasteiger partial charge in [0.1, 0.15) is 11.8 Å². The molecule has 0 heterocycles. The van der Waals surface area contributed by atoms with Crippen LogP contribution < -0.4 is 15.8 Å². The van der Waals surface area contributed by atoms with Crippen molar-refractivity contribution in [1.29, 1.82) is 0 Å². The quantitative estimate of drug-likeness (QED) is 0.296. The van der Waals surface area contributed by atoms with Crippen LogP contribution in [0.2, 0.25) is 0 Å². The Bertz CT molecular complexity index is 571. The largest absolute Gasteiger partial charge is 0.480 e. The highest BCUT2D eigenvalue weighted by atomic mass is 16.6. The van der Waals surface area contributed by atoms with E-state index in [1.54, 1.807) is 0 Å². The summed E-state index contributed by atoms with van der Waals surface area (Å²) in [6.07, 6.45) is 0. The van der Waals surface area contributed by atoms with E-state index in [1.807, 2.05) is 0 Å². The van der Waals surface area contributed by atoms with Crippen LogP contribution in [0.4, 0.5) is 5.69 Å². The molecule has 10 nitrogen and oxygen atoms in total. The average Bonchev–Trinajstić information content (AvgIpc) is 2.45. The Labute approximate surface area is 131 Å². The number of aliphatic carboxylic acids is 1. The zero-order chi connectivity index (χ0) is 18.0. The summed E-state index contributed by atoms with van der Waals surface area (Å²) < 4.78 is 4.69. The number of esters is 1. The van der Waals surface area contributed by atoms with Crippen LogP contribution in [0, 0.1) is 10.1 Å². The molecule has 0 aliphatic heterocycles. The molecule has 0 saturated heterocycles. The molecule has 23 heavy (non-hydrogen) atoms. The number of benzene rings is 1. The van der Waals surface area contributed by atoms with Crippen LogP contribution in [0.3, 0.4) is 0 Å². The lowest BCUT2D eigenvalue weighted by molar-refractivity contribution is -0.384. The lowest BCUT2D eigenvalue weighted by Gasteiger charge is -2.05. The maximum atomic E-state index is 10.5. The Balaban J connectivity index is 0.000000438. The molecule has 0 radical (unpaired) electrons. The van der Waals surface area contributed by atoms with E-state index in [4.69, 9.17) is 10.8 Å². The minimum atomic E-state index is -1.12. The van der Waals surface area contributed by atoms with Crippen molar-refractivity contribution in [2.45, 2.75) is 19.9 Å². The predicted molar refractivity (Wildman–Crippen MR) is 78.7 cm³/mol. The number of rotatable bonds is 5. The van der Waals surface area contributed by atoms with Crippen LogP contribution in [0.15, 0.2) is 24.3 Å². The van der Waals surface area contributed by atoms with Crippen LogP contribution in [-0.4, -0.2) is 40.5 Å². The Morgan fingerprint density at radius 3 is 2.17 bits per heavy atom. The van der Waals surface area contributed by atoms with E-state index >= 15 is 0 Å². The molecule has 4 N–H and O–H groups in total. The summed E-state index contributed by atoms with van der Waals surface area (Å²) in [5.41, 5.74) is 5.02. The number of nitro groups is 1. The topological polar surface area (TPSA) is 162 Å². The van der Waals surface area contributed by atoms with Gasteiger partial charge in [0.15, 0.2) is 0 Å². The van der Waals surface area contributed by atoms with E-state index in [2.05, 4.69) is 10.1 Å². The van der Waals surface area contributed by atoms with Gasteiger partial charge in [0.2, 0.25) is 5.91 Å². The molecule has 1 unspecified atom stereocenters. The smallest absolute Gasteiger partial charge is 0.322 e. The number of non-ortho nitro benzene ring substituents is 1. The number of nitrogens with one attached hydrogen (secondary N) is 1. The number of nitro benzene ring substituents is 1. The summed E-state index contributed by atoms with van der Waals surface area (Å²) in [5, 5.41) is 20.7. The van der Waals surface area contributed by atoms with Gasteiger partial charge in [-0.3, -0.25) is 24.5 Å². The van der Waals surface area contributed by atoms with E-state index in [1.165, 1.54) is 38.1 Å². The number of carbonyl (C=O) groups excluding carboxylic acids is 2. The Hall–Kier alpha value is -3.01. The van der Waals surface area contributed by atoms with Crippen molar-refractivity contribution in [2.75, 3.05) is 6.54 Å². The number of carboxylic acids is 1. The molecular weight excluding hydrogens is 310 g/mol. The fourth-order valence-electron chi connectivity index (χ4n) is 1.14. The number of ether oxygens (including phenoxy) is 1. The first-order valence-corrected chi connectivity index (χ1v) is 6.29. The maximum absolute atomic E-state index is 10.5. The van der Waals surface area contributed by atoms with Crippen molar-refractivity contribution < 1.29 is 29.2 Å². The highest BCUT2D eigenvalue weighted by Gasteiger charge is 2.10. The van der Waals surface area contributed by atoms with Gasteiger partial charge < -0.3 is 20.9 Å². The minimum Gasteiger partial charge on any atom is -0.480 e. The van der Waals surface area contributed by atoms with Crippen LogP contribution in [-0.2, 0) is 14.4 Å². The number of hydrogen-bond acceptors (Lipinski definition) is 7. The molecule has 1 aromatic carbocycles. The van der Waals surface area contributed by atoms with Crippen molar-refractivity contribution in [3.8, 4) is 5.75 Å². The first-order valence-electron chi connectivity index (χ1n) is 6.29. The van der Waals surface area contributed by atoms with Gasteiger partial charge >= 0.3 is 11.9 Å². The Kier molecular flexibility index (Phi) is 8.55. The van der Waals surface area contributed by atoms with Gasteiger partial charge in [0, 0.05) is 32.5 Å². The lowest BCUT2D eigenvalue weighted by Crippen LogP contribution is -2.41. The molecule has 0 fully saturated rings. The van der Waals surface area contributed by atoms with Crippen molar-refractivity contribution in [3.05, 3.63) is 34.4 Å². The van der Waals surface area contributed by atoms with Gasteiger partial charge in [-0.15, -0.1) is 0 Å². The molecule has 126 valence electrons. The van der Waals surface area contributed by atoms with Crippen molar-refractivity contribution in [3.63, 3.8) is 0 Å². The number of nitrogens with zero attached hydrogens (tertiary/aromatic N) is 1. The van der Waals surface area contributed by atoms with E-state index in [-0.39, 0.29) is 18.1 Å². The molecule has 1 amide bonds. The molecule has 0 saturated carbocycles. The van der Waals surface area contributed by atoms with Crippen LogP contribution >= 0.6 is 0 Å². The van der Waals surface area contributed by atoms with E-state index in [0.29, 0.717) is 5.75 Å². The highest BCUT2D eigenvalue weighted by Crippen LogP contribution is 2.17. The van der Waals surface area contributed by atoms with Gasteiger partial charge in [-0.05, 0) is 12.1 Å². The third-order valence-electron chi connectivity index (χ3n) is 2.20. The molecule has 1 rings (SSSR count). The molecule has 1 atom stereocenters. The standard InChI is InChI=1S/C8H7NO4.C5H10N2O3/c1-6(10)13-8-4-2-7(3-5-8)9(11)12;1-3(8)7-2-4(6)5(9)10/h2-5H,1H3;4H,2,6H2,1H3,(H,7,8)(H,9,10). The maximum Gasteiger partial charge on any atom is 0.322 e. The van der Waals surface area contributed by atoms with E-state index < -0.39 is 22.9 Å². The average molecular weight is 327 g/mol. The molecule has 10 heteroatoms. The predicted octanol–water partition coefficient (Wildman–Crippen LogP) is 0.0545. The minimum absolute atomic E-state index is 0.0231. The number of amides is 1. The lowest BCUT2D eigenvalue weighted by atomic mass is 10.3. The molecule has 1 aromatic rings. The SMILES string of the molecule is CC(=O)NCC(N)C(=O)O.CC(=O)Oc1ccc([N+](=O)[O-])cc1.